The molecule has 0 aliphatic carbocycles. The normalized spacial score (nSPS) is 19.8. The molecular weight excluding hydrogens is 382 g/mol. The maximum atomic E-state index is 13.2. The van der Waals surface area contributed by atoms with Crippen LogP contribution in [0, 0.1) is 17.7 Å². The van der Waals surface area contributed by atoms with E-state index in [0.717, 1.165) is 4.90 Å². The van der Waals surface area contributed by atoms with Gasteiger partial charge in [0, 0.05) is 13.1 Å². The van der Waals surface area contributed by atoms with Gasteiger partial charge in [0.15, 0.2) is 0 Å². The summed E-state index contributed by atoms with van der Waals surface area (Å²) in [5, 5.41) is 13.2. The van der Waals surface area contributed by atoms with Crippen molar-refractivity contribution in [3.63, 3.8) is 0 Å². The number of hydrogen-bond acceptors (Lipinski definition) is 3. The van der Waals surface area contributed by atoms with Crippen LogP contribution in [-0.2, 0) is 11.2 Å². The van der Waals surface area contributed by atoms with Crippen LogP contribution in [0.2, 0.25) is 0 Å². The highest BCUT2D eigenvalue weighted by Crippen LogP contribution is 2.38. The topological polar surface area (TPSA) is 75.4 Å². The Kier molecular flexibility index (Phi) is 5.14. The van der Waals surface area contributed by atoms with E-state index in [2.05, 4.69) is 5.10 Å². The number of likely N-dealkylation sites (tertiary alicyclic amines) is 1. The first-order valence-corrected chi connectivity index (χ1v) is 8.55. The number of aromatic nitrogens is 2. The average Bonchev–Trinajstić information content (AvgIpc) is 3.26. The zero-order valence-corrected chi connectivity index (χ0v) is 14.8. The molecule has 1 fully saturated rings. The second-order valence-corrected chi connectivity index (χ2v) is 6.55. The standard InChI is InChI=1S/C18H17F4N3O3/c1-2-15-12(7-23-25(15)11-5-3-10(19)4-6-11)16(26)24-8-13(17(27)28)14(9-24)18(20,21)22/h3-7,13-14H,2,8-9H2,1H3,(H,27,28)/t13-,14-/m1/s1. The molecule has 0 unspecified atom stereocenters. The number of nitrogens with zero attached hydrogens (tertiary/aromatic N) is 3. The molecule has 0 spiro atoms. The van der Waals surface area contributed by atoms with E-state index in [1.54, 1.807) is 6.92 Å². The lowest BCUT2D eigenvalue weighted by Crippen LogP contribution is -2.34. The monoisotopic (exact) mass is 399 g/mol. The molecule has 150 valence electrons. The van der Waals surface area contributed by atoms with Gasteiger partial charge in [-0.25, -0.2) is 9.07 Å². The molecule has 1 aromatic heterocycles. The summed E-state index contributed by atoms with van der Waals surface area (Å²) in [5.74, 6) is -6.56. The fraction of sp³-hybridized carbons (Fsp3) is 0.389. The number of halogens is 4. The van der Waals surface area contributed by atoms with Crippen molar-refractivity contribution in [2.45, 2.75) is 19.5 Å². The zero-order valence-electron chi connectivity index (χ0n) is 14.8. The third-order valence-corrected chi connectivity index (χ3v) is 4.85. The smallest absolute Gasteiger partial charge is 0.394 e. The molecule has 1 amide bonds. The maximum Gasteiger partial charge on any atom is 0.394 e. The van der Waals surface area contributed by atoms with Crippen molar-refractivity contribution >= 4 is 11.9 Å². The summed E-state index contributed by atoms with van der Waals surface area (Å²) >= 11 is 0. The molecule has 1 aromatic carbocycles. The van der Waals surface area contributed by atoms with Crippen LogP contribution in [0.1, 0.15) is 23.0 Å². The number of carboxylic acids is 1. The van der Waals surface area contributed by atoms with Gasteiger partial charge in [-0.3, -0.25) is 9.59 Å². The molecule has 3 rings (SSSR count). The van der Waals surface area contributed by atoms with Crippen LogP contribution in [0.4, 0.5) is 17.6 Å². The predicted octanol–water partition coefficient (Wildman–Crippen LogP) is 2.91. The van der Waals surface area contributed by atoms with Crippen LogP contribution in [0.15, 0.2) is 30.5 Å². The highest BCUT2D eigenvalue weighted by molar-refractivity contribution is 5.96. The number of alkyl halides is 3. The van der Waals surface area contributed by atoms with Crippen LogP contribution in [0.5, 0.6) is 0 Å². The number of benzene rings is 1. The first kappa shape index (κ1) is 19.8. The number of amides is 1. The minimum Gasteiger partial charge on any atom is -0.481 e. The molecule has 0 saturated carbocycles. The van der Waals surface area contributed by atoms with E-state index < -0.39 is 48.8 Å². The molecule has 10 heteroatoms. The number of carbonyl (C=O) groups excluding carboxylic acids is 1. The molecule has 1 aliphatic rings. The molecule has 1 aliphatic heterocycles. The molecule has 1 saturated heterocycles. The average molecular weight is 399 g/mol. The Morgan fingerprint density at radius 3 is 2.36 bits per heavy atom. The van der Waals surface area contributed by atoms with E-state index in [9.17, 15) is 27.2 Å². The van der Waals surface area contributed by atoms with Crippen LogP contribution < -0.4 is 0 Å². The maximum absolute atomic E-state index is 13.2. The van der Waals surface area contributed by atoms with Gasteiger partial charge >= 0.3 is 12.1 Å². The van der Waals surface area contributed by atoms with Crippen molar-refractivity contribution in [2.75, 3.05) is 13.1 Å². The number of carboxylic acid groups (broad SMARTS) is 1. The Bertz CT molecular complexity index is 892. The fourth-order valence-electron chi connectivity index (χ4n) is 3.42. The molecule has 28 heavy (non-hydrogen) atoms. The van der Waals surface area contributed by atoms with Gasteiger partial charge in [0.25, 0.3) is 5.91 Å². The SMILES string of the molecule is CCc1c(C(=O)N2C[C@@H](C(F)(F)F)[C@H](C(=O)O)C2)cnn1-c1ccc(F)cc1. The van der Waals surface area contributed by atoms with E-state index in [4.69, 9.17) is 5.11 Å². The second-order valence-electron chi connectivity index (χ2n) is 6.55. The Hall–Kier alpha value is -2.91. The van der Waals surface area contributed by atoms with Crippen molar-refractivity contribution in [3.05, 3.63) is 47.5 Å². The number of carbonyl (C=O) groups is 2. The molecule has 2 atom stereocenters. The minimum atomic E-state index is -4.72. The predicted molar refractivity (Wildman–Crippen MR) is 89.5 cm³/mol. The second kappa shape index (κ2) is 7.25. The van der Waals surface area contributed by atoms with Gasteiger partial charge in [0.2, 0.25) is 0 Å². The van der Waals surface area contributed by atoms with E-state index in [-0.39, 0.29) is 5.56 Å². The van der Waals surface area contributed by atoms with Crippen molar-refractivity contribution in [1.82, 2.24) is 14.7 Å². The Morgan fingerprint density at radius 1 is 1.21 bits per heavy atom. The van der Waals surface area contributed by atoms with Gasteiger partial charge in [0.05, 0.1) is 35.0 Å². The summed E-state index contributed by atoms with van der Waals surface area (Å²) in [5.41, 5.74) is 1.04. The summed E-state index contributed by atoms with van der Waals surface area (Å²) in [7, 11) is 0. The van der Waals surface area contributed by atoms with Crippen LogP contribution >= 0.6 is 0 Å². The highest BCUT2D eigenvalue weighted by atomic mass is 19.4. The minimum absolute atomic E-state index is 0.0961. The van der Waals surface area contributed by atoms with Crippen LogP contribution in [0.3, 0.4) is 0 Å². The molecule has 0 bridgehead atoms. The highest BCUT2D eigenvalue weighted by Gasteiger charge is 2.53. The zero-order chi connectivity index (χ0) is 20.6. The van der Waals surface area contributed by atoms with E-state index in [1.165, 1.54) is 35.1 Å². The first-order chi connectivity index (χ1) is 13.1. The van der Waals surface area contributed by atoms with Gasteiger partial charge in [-0.15, -0.1) is 0 Å². The fourth-order valence-corrected chi connectivity index (χ4v) is 3.42. The first-order valence-electron chi connectivity index (χ1n) is 8.55. The van der Waals surface area contributed by atoms with E-state index >= 15 is 0 Å². The summed E-state index contributed by atoms with van der Waals surface area (Å²) in [6, 6.07) is 5.38. The van der Waals surface area contributed by atoms with E-state index in [0.29, 0.717) is 17.8 Å². The number of aliphatic carboxylic acids is 1. The lowest BCUT2D eigenvalue weighted by atomic mass is 9.96. The van der Waals surface area contributed by atoms with Gasteiger partial charge in [-0.05, 0) is 30.7 Å². The van der Waals surface area contributed by atoms with Crippen LogP contribution in [0.25, 0.3) is 5.69 Å². The molecule has 2 heterocycles. The summed E-state index contributed by atoms with van der Waals surface area (Å²) in [6.45, 7) is 0.504. The molecule has 2 aromatic rings. The quantitative estimate of drug-likeness (QED) is 0.803. The summed E-state index contributed by atoms with van der Waals surface area (Å²) < 4.78 is 54.0. The lowest BCUT2D eigenvalue weighted by molar-refractivity contribution is -0.187. The van der Waals surface area contributed by atoms with Gasteiger partial charge in [-0.1, -0.05) is 6.92 Å². The molecule has 1 N–H and O–H groups in total. The van der Waals surface area contributed by atoms with Gasteiger partial charge in [0.1, 0.15) is 5.82 Å². The Balaban J connectivity index is 1.91. The molecule has 0 radical (unpaired) electrons. The van der Waals surface area contributed by atoms with Crippen LogP contribution in [-0.4, -0.2) is 50.9 Å². The third-order valence-electron chi connectivity index (χ3n) is 4.85. The Labute approximate surface area is 157 Å². The largest absolute Gasteiger partial charge is 0.481 e. The number of hydrogen-bond donors (Lipinski definition) is 1. The molecular formula is C18H17F4N3O3. The summed E-state index contributed by atoms with van der Waals surface area (Å²) in [6.07, 6.45) is -3.14. The molecule has 6 nitrogen and oxygen atoms in total. The van der Waals surface area contributed by atoms with Crippen molar-refractivity contribution in [3.8, 4) is 5.69 Å². The van der Waals surface area contributed by atoms with Crippen molar-refractivity contribution in [1.29, 1.82) is 0 Å². The Morgan fingerprint density at radius 2 is 1.86 bits per heavy atom. The van der Waals surface area contributed by atoms with Crippen molar-refractivity contribution in [2.24, 2.45) is 11.8 Å². The van der Waals surface area contributed by atoms with Gasteiger partial charge < -0.3 is 10.0 Å². The van der Waals surface area contributed by atoms with Gasteiger partial charge in [-0.2, -0.15) is 18.3 Å². The summed E-state index contributed by atoms with van der Waals surface area (Å²) in [4.78, 5) is 24.9. The third kappa shape index (κ3) is 3.58. The van der Waals surface area contributed by atoms with E-state index in [1.807, 2.05) is 0 Å². The number of rotatable bonds is 4. The lowest BCUT2D eigenvalue weighted by Gasteiger charge is -2.18. The van der Waals surface area contributed by atoms with Crippen molar-refractivity contribution < 1.29 is 32.3 Å².